The van der Waals surface area contributed by atoms with Gasteiger partial charge in [-0.05, 0) is 30.9 Å². The molecule has 0 atom stereocenters. The fraction of sp³-hybridized carbons (Fsp3) is 0.350. The molecular formula is C20H26Cl2N2O3. The standard InChI is InChI=1S/C20H25ClN2O3.ClH/c1-25-19-14-18(22)17(21)13-16(19)20(24)23-10-5-6-11-26-12-9-15-7-3-2-4-8-15;/h2-4,7-8,13-14H,5-6,9-12,22H2,1H3,(H,23,24);1H. The zero-order valence-electron chi connectivity index (χ0n) is 15.4. The third-order valence-electron chi connectivity index (χ3n) is 3.94. The molecule has 1 amide bonds. The molecule has 0 spiro atoms. The number of anilines is 1. The number of hydrogen-bond acceptors (Lipinski definition) is 4. The maximum absolute atomic E-state index is 12.3. The van der Waals surface area contributed by atoms with Gasteiger partial charge in [-0.1, -0.05) is 41.9 Å². The fourth-order valence-electron chi connectivity index (χ4n) is 2.48. The molecule has 0 saturated carbocycles. The monoisotopic (exact) mass is 412 g/mol. The highest BCUT2D eigenvalue weighted by molar-refractivity contribution is 6.33. The Balaban J connectivity index is 0.00000364. The molecule has 3 N–H and O–H groups in total. The number of benzene rings is 2. The number of nitrogens with two attached hydrogens (primary N) is 1. The summed E-state index contributed by atoms with van der Waals surface area (Å²) in [5.41, 5.74) is 7.76. The highest BCUT2D eigenvalue weighted by Crippen LogP contribution is 2.28. The number of halogens is 2. The van der Waals surface area contributed by atoms with Crippen LogP contribution in [0.3, 0.4) is 0 Å². The summed E-state index contributed by atoms with van der Waals surface area (Å²) < 4.78 is 10.8. The van der Waals surface area contributed by atoms with Crippen molar-refractivity contribution >= 4 is 35.6 Å². The van der Waals surface area contributed by atoms with E-state index >= 15 is 0 Å². The van der Waals surface area contributed by atoms with E-state index in [0.717, 1.165) is 19.3 Å². The van der Waals surface area contributed by atoms with Crippen molar-refractivity contribution in [3.05, 3.63) is 58.6 Å². The molecule has 0 unspecified atom stereocenters. The summed E-state index contributed by atoms with van der Waals surface area (Å²) in [5, 5.41) is 3.20. The predicted molar refractivity (Wildman–Crippen MR) is 112 cm³/mol. The first-order valence-corrected chi connectivity index (χ1v) is 9.02. The average molecular weight is 413 g/mol. The van der Waals surface area contributed by atoms with Crippen molar-refractivity contribution in [3.63, 3.8) is 0 Å². The molecule has 0 aliphatic rings. The number of amides is 1. The summed E-state index contributed by atoms with van der Waals surface area (Å²) in [5.74, 6) is 0.183. The van der Waals surface area contributed by atoms with Gasteiger partial charge in [-0.25, -0.2) is 0 Å². The third kappa shape index (κ3) is 7.67. The summed E-state index contributed by atoms with van der Waals surface area (Å²) in [6, 6.07) is 13.3. The molecule has 27 heavy (non-hydrogen) atoms. The molecule has 7 heteroatoms. The molecule has 2 aromatic rings. The van der Waals surface area contributed by atoms with Crippen LogP contribution in [0.5, 0.6) is 5.75 Å². The van der Waals surface area contributed by atoms with E-state index in [4.69, 9.17) is 26.8 Å². The van der Waals surface area contributed by atoms with Crippen LogP contribution in [0.25, 0.3) is 0 Å². The van der Waals surface area contributed by atoms with E-state index in [1.165, 1.54) is 18.7 Å². The second kappa shape index (κ2) is 12.4. The Morgan fingerprint density at radius 3 is 2.59 bits per heavy atom. The molecule has 2 aromatic carbocycles. The first-order chi connectivity index (χ1) is 12.6. The highest BCUT2D eigenvalue weighted by atomic mass is 35.5. The molecule has 148 valence electrons. The van der Waals surface area contributed by atoms with Crippen LogP contribution in [0, 0.1) is 0 Å². The van der Waals surface area contributed by atoms with Gasteiger partial charge in [0.2, 0.25) is 0 Å². The lowest BCUT2D eigenvalue weighted by Crippen LogP contribution is -2.25. The number of carbonyl (C=O) groups excluding carboxylic acids is 1. The maximum atomic E-state index is 12.3. The minimum absolute atomic E-state index is 0. The van der Waals surface area contributed by atoms with Gasteiger partial charge in [-0.3, -0.25) is 4.79 Å². The molecular weight excluding hydrogens is 387 g/mol. The molecule has 0 fully saturated rings. The summed E-state index contributed by atoms with van der Waals surface area (Å²) in [6.07, 6.45) is 2.63. The van der Waals surface area contributed by atoms with Crippen molar-refractivity contribution in [2.24, 2.45) is 0 Å². The van der Waals surface area contributed by atoms with Crippen molar-refractivity contribution in [1.82, 2.24) is 5.32 Å². The zero-order chi connectivity index (χ0) is 18.8. The number of nitrogen functional groups attached to an aromatic ring is 1. The molecule has 0 saturated heterocycles. The second-order valence-corrected chi connectivity index (χ2v) is 6.29. The minimum Gasteiger partial charge on any atom is -0.496 e. The lowest BCUT2D eigenvalue weighted by Gasteiger charge is -2.11. The van der Waals surface area contributed by atoms with Gasteiger partial charge in [0.1, 0.15) is 5.75 Å². The van der Waals surface area contributed by atoms with E-state index in [2.05, 4.69) is 17.4 Å². The number of nitrogens with one attached hydrogen (secondary N) is 1. The van der Waals surface area contributed by atoms with Crippen molar-refractivity contribution in [2.45, 2.75) is 19.3 Å². The van der Waals surface area contributed by atoms with Crippen molar-refractivity contribution in [3.8, 4) is 5.75 Å². The number of unbranched alkanes of at least 4 members (excludes halogenated alkanes) is 1. The van der Waals surface area contributed by atoms with Crippen molar-refractivity contribution in [2.75, 3.05) is 32.6 Å². The molecule has 0 heterocycles. The first-order valence-electron chi connectivity index (χ1n) is 8.64. The van der Waals surface area contributed by atoms with Gasteiger partial charge >= 0.3 is 0 Å². The van der Waals surface area contributed by atoms with Gasteiger partial charge in [-0.15, -0.1) is 12.4 Å². The summed E-state index contributed by atoms with van der Waals surface area (Å²) in [4.78, 5) is 12.3. The van der Waals surface area contributed by atoms with Gasteiger partial charge in [-0.2, -0.15) is 0 Å². The minimum atomic E-state index is -0.228. The Morgan fingerprint density at radius 1 is 1.15 bits per heavy atom. The van der Waals surface area contributed by atoms with Crippen molar-refractivity contribution < 1.29 is 14.3 Å². The average Bonchev–Trinajstić information content (AvgIpc) is 2.66. The number of carbonyl (C=O) groups is 1. The maximum Gasteiger partial charge on any atom is 0.255 e. The van der Waals surface area contributed by atoms with E-state index in [1.807, 2.05) is 18.2 Å². The predicted octanol–water partition coefficient (Wildman–Crippen LogP) is 4.12. The lowest BCUT2D eigenvalue weighted by atomic mass is 10.1. The smallest absolute Gasteiger partial charge is 0.255 e. The Morgan fingerprint density at radius 2 is 1.89 bits per heavy atom. The third-order valence-corrected chi connectivity index (χ3v) is 4.27. The van der Waals surface area contributed by atoms with Crippen LogP contribution in [0.1, 0.15) is 28.8 Å². The van der Waals surface area contributed by atoms with E-state index < -0.39 is 0 Å². The molecule has 5 nitrogen and oxygen atoms in total. The van der Waals surface area contributed by atoms with Gasteiger partial charge < -0.3 is 20.5 Å². The Kier molecular flexibility index (Phi) is 10.6. The first kappa shape index (κ1) is 23.1. The van der Waals surface area contributed by atoms with Gasteiger partial charge in [0.25, 0.3) is 5.91 Å². The number of methoxy groups -OCH3 is 1. The quantitative estimate of drug-likeness (QED) is 0.454. The Labute approximate surface area is 171 Å². The van der Waals surface area contributed by atoms with Crippen molar-refractivity contribution in [1.29, 1.82) is 0 Å². The summed E-state index contributed by atoms with van der Waals surface area (Å²) in [7, 11) is 1.49. The van der Waals surface area contributed by atoms with Gasteiger partial charge in [0.05, 0.1) is 30.0 Å². The summed E-state index contributed by atoms with van der Waals surface area (Å²) in [6.45, 7) is 1.95. The van der Waals surface area contributed by atoms with Gasteiger partial charge in [0.15, 0.2) is 0 Å². The van der Waals surface area contributed by atoms with E-state index in [0.29, 0.717) is 41.8 Å². The molecule has 2 rings (SSSR count). The molecule has 0 bridgehead atoms. The fourth-order valence-corrected chi connectivity index (χ4v) is 2.64. The number of rotatable bonds is 10. The highest BCUT2D eigenvalue weighted by Gasteiger charge is 2.14. The molecule has 0 aliphatic carbocycles. The normalized spacial score (nSPS) is 10.1. The Hall–Kier alpha value is -1.95. The second-order valence-electron chi connectivity index (χ2n) is 5.88. The Bertz CT molecular complexity index is 712. The number of ether oxygens (including phenoxy) is 2. The lowest BCUT2D eigenvalue weighted by molar-refractivity contribution is 0.0946. The SMILES string of the molecule is COc1cc(N)c(Cl)cc1C(=O)NCCCCOCCc1ccccc1.Cl. The molecule has 0 aromatic heterocycles. The van der Waals surface area contributed by atoms with E-state index in [9.17, 15) is 4.79 Å². The van der Waals surface area contributed by atoms with Crippen LogP contribution >= 0.6 is 24.0 Å². The molecule has 0 radical (unpaired) electrons. The largest absolute Gasteiger partial charge is 0.496 e. The van der Waals surface area contributed by atoms with Gasteiger partial charge in [0, 0.05) is 19.2 Å². The van der Waals surface area contributed by atoms with Crippen LogP contribution in [0.15, 0.2) is 42.5 Å². The molecule has 0 aliphatic heterocycles. The van der Waals surface area contributed by atoms with Crippen LogP contribution in [-0.2, 0) is 11.2 Å². The number of hydrogen-bond donors (Lipinski definition) is 2. The van der Waals surface area contributed by atoms with Crippen LogP contribution in [0.4, 0.5) is 5.69 Å². The van der Waals surface area contributed by atoms with Crippen LogP contribution < -0.4 is 15.8 Å². The summed E-state index contributed by atoms with van der Waals surface area (Å²) >= 11 is 5.99. The van der Waals surface area contributed by atoms with Crippen LogP contribution in [0.2, 0.25) is 5.02 Å². The topological polar surface area (TPSA) is 73.6 Å². The van der Waals surface area contributed by atoms with E-state index in [1.54, 1.807) is 6.07 Å². The van der Waals surface area contributed by atoms with Crippen LogP contribution in [-0.4, -0.2) is 32.8 Å². The van der Waals surface area contributed by atoms with E-state index in [-0.39, 0.29) is 18.3 Å². The zero-order valence-corrected chi connectivity index (χ0v) is 16.9.